The van der Waals surface area contributed by atoms with Crippen molar-refractivity contribution in [3.8, 4) is 5.75 Å². The molecule has 0 radical (unpaired) electrons. The van der Waals surface area contributed by atoms with Crippen LogP contribution < -0.4 is 4.74 Å². The van der Waals surface area contributed by atoms with E-state index in [1.54, 1.807) is 13.0 Å². The van der Waals surface area contributed by atoms with Gasteiger partial charge in [0.05, 0.1) is 6.61 Å². The first kappa shape index (κ1) is 10.1. The van der Waals surface area contributed by atoms with Crippen LogP contribution in [-0.4, -0.2) is 12.3 Å². The average molecular weight is 207 g/mol. The number of hydrogen-bond acceptors (Lipinski definition) is 2. The number of rotatable bonds is 4. The minimum absolute atomic E-state index is 0.343. The van der Waals surface area contributed by atoms with Gasteiger partial charge in [0.15, 0.2) is 0 Å². The van der Waals surface area contributed by atoms with E-state index in [0.29, 0.717) is 29.5 Å². The molecule has 0 saturated heterocycles. The lowest BCUT2D eigenvalue weighted by Gasteiger charge is -2.07. The highest BCUT2D eigenvalue weighted by Gasteiger charge is 2.22. The Bertz CT molecular complexity index is 385. The lowest BCUT2D eigenvalue weighted by Crippen LogP contribution is -2.01. The Morgan fingerprint density at radius 3 is 2.80 bits per heavy atom. The number of nitrogens with one attached hydrogen (secondary N) is 1. The first-order chi connectivity index (χ1) is 7.15. The van der Waals surface area contributed by atoms with Gasteiger partial charge in [0.1, 0.15) is 11.6 Å². The Labute approximate surface area is 88.6 Å². The molecule has 0 aliphatic heterocycles. The van der Waals surface area contributed by atoms with Crippen LogP contribution in [0.25, 0.3) is 0 Å². The van der Waals surface area contributed by atoms with Gasteiger partial charge in [-0.1, -0.05) is 0 Å². The Hall–Kier alpha value is -1.38. The van der Waals surface area contributed by atoms with Crippen LogP contribution in [0.1, 0.15) is 25.3 Å². The van der Waals surface area contributed by atoms with E-state index >= 15 is 0 Å². The Morgan fingerprint density at radius 1 is 1.47 bits per heavy atom. The summed E-state index contributed by atoms with van der Waals surface area (Å²) >= 11 is 0. The topological polar surface area (TPSA) is 33.1 Å². The van der Waals surface area contributed by atoms with Crippen molar-refractivity contribution in [3.63, 3.8) is 0 Å². The second kappa shape index (κ2) is 4.01. The van der Waals surface area contributed by atoms with Gasteiger partial charge in [0.25, 0.3) is 0 Å². The molecule has 1 aromatic rings. The zero-order chi connectivity index (χ0) is 10.8. The molecule has 1 N–H and O–H groups in total. The third kappa shape index (κ3) is 2.78. The van der Waals surface area contributed by atoms with Crippen LogP contribution in [-0.2, 0) is 0 Å². The summed E-state index contributed by atoms with van der Waals surface area (Å²) in [5.74, 6) is 0.839. The predicted molar refractivity (Wildman–Crippen MR) is 57.1 cm³/mol. The van der Waals surface area contributed by atoms with E-state index in [1.165, 1.54) is 25.0 Å². The zero-order valence-electron chi connectivity index (χ0n) is 8.72. The number of hydrogen-bond donors (Lipinski definition) is 1. The van der Waals surface area contributed by atoms with Crippen molar-refractivity contribution < 1.29 is 9.13 Å². The average Bonchev–Trinajstić information content (AvgIpc) is 2.97. The van der Waals surface area contributed by atoms with Gasteiger partial charge in [-0.25, -0.2) is 4.39 Å². The molecule has 0 bridgehead atoms. The molecule has 0 spiro atoms. The molecule has 0 heterocycles. The van der Waals surface area contributed by atoms with Crippen molar-refractivity contribution in [2.75, 3.05) is 6.61 Å². The highest BCUT2D eigenvalue weighted by molar-refractivity contribution is 5.96. The molecule has 1 aromatic carbocycles. The summed E-state index contributed by atoms with van der Waals surface area (Å²) in [5, 5.41) is 7.44. The first-order valence-corrected chi connectivity index (χ1v) is 5.14. The lowest BCUT2D eigenvalue weighted by atomic mass is 10.1. The fraction of sp³-hybridized carbons (Fsp3) is 0.417. The molecule has 2 rings (SSSR count). The predicted octanol–water partition coefficient (Wildman–Crippen LogP) is 3.00. The normalized spacial score (nSPS) is 15.1. The Morgan fingerprint density at radius 2 is 2.20 bits per heavy atom. The van der Waals surface area contributed by atoms with Crippen molar-refractivity contribution in [2.45, 2.75) is 19.8 Å². The van der Waals surface area contributed by atoms with E-state index in [2.05, 4.69) is 0 Å². The number of benzene rings is 1. The SMILES string of the molecule is CC(=N)c1cc(F)cc(OCC2CC2)c1. The van der Waals surface area contributed by atoms with Gasteiger partial charge in [0, 0.05) is 17.3 Å². The summed E-state index contributed by atoms with van der Waals surface area (Å²) in [6.45, 7) is 2.30. The van der Waals surface area contributed by atoms with Gasteiger partial charge in [-0.2, -0.15) is 0 Å². The fourth-order valence-electron chi connectivity index (χ4n) is 1.36. The zero-order valence-corrected chi connectivity index (χ0v) is 8.72. The minimum Gasteiger partial charge on any atom is -0.493 e. The maximum absolute atomic E-state index is 13.2. The molecule has 15 heavy (non-hydrogen) atoms. The van der Waals surface area contributed by atoms with E-state index in [9.17, 15) is 4.39 Å². The lowest BCUT2D eigenvalue weighted by molar-refractivity contribution is 0.298. The maximum atomic E-state index is 13.2. The molecular formula is C12H14FNO. The van der Waals surface area contributed by atoms with Crippen molar-refractivity contribution in [3.05, 3.63) is 29.6 Å². The molecule has 1 aliphatic rings. The standard InChI is InChI=1S/C12H14FNO/c1-8(14)10-4-11(13)6-12(5-10)15-7-9-2-3-9/h4-6,9,14H,2-3,7H2,1H3. The molecule has 3 heteroatoms. The van der Waals surface area contributed by atoms with E-state index in [4.69, 9.17) is 10.1 Å². The van der Waals surface area contributed by atoms with Crippen molar-refractivity contribution in [1.82, 2.24) is 0 Å². The van der Waals surface area contributed by atoms with Crippen LogP contribution in [0.15, 0.2) is 18.2 Å². The molecule has 80 valence electrons. The molecule has 1 saturated carbocycles. The highest BCUT2D eigenvalue weighted by Crippen LogP contribution is 2.29. The molecule has 0 unspecified atom stereocenters. The summed E-state index contributed by atoms with van der Waals surface area (Å²) in [6, 6.07) is 4.44. The van der Waals surface area contributed by atoms with Crippen LogP contribution in [0.4, 0.5) is 4.39 Å². The second-order valence-corrected chi connectivity index (χ2v) is 4.05. The Balaban J connectivity index is 2.10. The van der Waals surface area contributed by atoms with Crippen LogP contribution in [0.2, 0.25) is 0 Å². The fourth-order valence-corrected chi connectivity index (χ4v) is 1.36. The van der Waals surface area contributed by atoms with E-state index in [0.717, 1.165) is 0 Å². The van der Waals surface area contributed by atoms with Crippen LogP contribution in [0.3, 0.4) is 0 Å². The maximum Gasteiger partial charge on any atom is 0.127 e. The van der Waals surface area contributed by atoms with Gasteiger partial charge in [-0.3, -0.25) is 0 Å². The molecule has 1 fully saturated rings. The van der Waals surface area contributed by atoms with E-state index < -0.39 is 0 Å². The summed E-state index contributed by atoms with van der Waals surface area (Å²) in [7, 11) is 0. The van der Waals surface area contributed by atoms with Crippen molar-refractivity contribution in [2.24, 2.45) is 5.92 Å². The third-order valence-corrected chi connectivity index (χ3v) is 2.49. The van der Waals surface area contributed by atoms with Crippen molar-refractivity contribution >= 4 is 5.71 Å². The number of ether oxygens (including phenoxy) is 1. The summed E-state index contributed by atoms with van der Waals surface area (Å²) in [4.78, 5) is 0. The van der Waals surface area contributed by atoms with Crippen LogP contribution >= 0.6 is 0 Å². The van der Waals surface area contributed by atoms with Crippen LogP contribution in [0, 0.1) is 17.1 Å². The van der Waals surface area contributed by atoms with Gasteiger partial charge < -0.3 is 10.1 Å². The third-order valence-electron chi connectivity index (χ3n) is 2.49. The molecule has 0 atom stereocenters. The quantitative estimate of drug-likeness (QED) is 0.756. The van der Waals surface area contributed by atoms with E-state index in [-0.39, 0.29) is 5.82 Å². The Kier molecular flexibility index (Phi) is 2.71. The molecular weight excluding hydrogens is 193 g/mol. The molecule has 0 amide bonds. The number of halogens is 1. The van der Waals surface area contributed by atoms with Gasteiger partial charge in [-0.15, -0.1) is 0 Å². The largest absolute Gasteiger partial charge is 0.493 e. The monoisotopic (exact) mass is 207 g/mol. The highest BCUT2D eigenvalue weighted by atomic mass is 19.1. The molecule has 1 aliphatic carbocycles. The first-order valence-electron chi connectivity index (χ1n) is 5.14. The smallest absolute Gasteiger partial charge is 0.127 e. The van der Waals surface area contributed by atoms with Gasteiger partial charge >= 0.3 is 0 Å². The van der Waals surface area contributed by atoms with Gasteiger partial charge in [-0.05, 0) is 37.8 Å². The minimum atomic E-state index is -0.343. The van der Waals surface area contributed by atoms with Crippen molar-refractivity contribution in [1.29, 1.82) is 5.41 Å². The van der Waals surface area contributed by atoms with E-state index in [1.807, 2.05) is 0 Å². The summed E-state index contributed by atoms with van der Waals surface area (Å²) in [5.41, 5.74) is 0.937. The molecule has 0 aromatic heterocycles. The second-order valence-electron chi connectivity index (χ2n) is 4.05. The summed E-state index contributed by atoms with van der Waals surface area (Å²) in [6.07, 6.45) is 2.43. The van der Waals surface area contributed by atoms with Crippen LogP contribution in [0.5, 0.6) is 5.75 Å². The molecule has 2 nitrogen and oxygen atoms in total. The summed E-state index contributed by atoms with van der Waals surface area (Å²) < 4.78 is 18.6. The van der Waals surface area contributed by atoms with Gasteiger partial charge in [0.2, 0.25) is 0 Å².